The highest BCUT2D eigenvalue weighted by Gasteiger charge is 2.44. The predicted molar refractivity (Wildman–Crippen MR) is 74.3 cm³/mol. The summed E-state index contributed by atoms with van der Waals surface area (Å²) in [5.41, 5.74) is 1.84. The smallest absolute Gasteiger partial charge is 0.0443 e. The third-order valence-corrected chi connectivity index (χ3v) is 4.11. The Morgan fingerprint density at radius 1 is 1.29 bits per heavy atom. The van der Waals surface area contributed by atoms with Gasteiger partial charge in [0.15, 0.2) is 0 Å². The van der Waals surface area contributed by atoms with Crippen LogP contribution in [0.3, 0.4) is 0 Å². The van der Waals surface area contributed by atoms with Gasteiger partial charge in [0.05, 0.1) is 0 Å². The van der Waals surface area contributed by atoms with Gasteiger partial charge < -0.3 is 10.0 Å². The second-order valence-electron chi connectivity index (χ2n) is 5.10. The SMILES string of the molecule is CN(CCCO)CC1(c2ccc(Br)cc2)CC1. The lowest BCUT2D eigenvalue weighted by Crippen LogP contribution is -2.30. The van der Waals surface area contributed by atoms with Gasteiger partial charge in [0, 0.05) is 29.6 Å². The molecule has 1 aromatic rings. The molecule has 2 rings (SSSR count). The number of halogens is 1. The largest absolute Gasteiger partial charge is 0.396 e. The molecular weight excluding hydrogens is 278 g/mol. The van der Waals surface area contributed by atoms with E-state index in [0.717, 1.165) is 24.0 Å². The molecule has 0 heterocycles. The molecule has 0 aliphatic heterocycles. The fourth-order valence-corrected chi connectivity index (χ4v) is 2.69. The minimum Gasteiger partial charge on any atom is -0.396 e. The van der Waals surface area contributed by atoms with E-state index < -0.39 is 0 Å². The Balaban J connectivity index is 1.97. The Labute approximate surface area is 112 Å². The van der Waals surface area contributed by atoms with Crippen molar-refractivity contribution in [2.75, 3.05) is 26.7 Å². The zero-order chi connectivity index (χ0) is 12.3. The van der Waals surface area contributed by atoms with Crippen LogP contribution in [-0.2, 0) is 5.41 Å². The molecule has 0 saturated heterocycles. The van der Waals surface area contributed by atoms with Crippen LogP contribution in [0, 0.1) is 0 Å². The Bertz CT molecular complexity index is 359. The molecule has 1 fully saturated rings. The molecule has 94 valence electrons. The third-order valence-electron chi connectivity index (χ3n) is 3.58. The highest BCUT2D eigenvalue weighted by molar-refractivity contribution is 9.10. The van der Waals surface area contributed by atoms with Crippen LogP contribution in [0.25, 0.3) is 0 Å². The van der Waals surface area contributed by atoms with Gasteiger partial charge in [-0.3, -0.25) is 0 Å². The molecule has 0 atom stereocenters. The molecule has 0 aromatic heterocycles. The van der Waals surface area contributed by atoms with Gasteiger partial charge in [-0.15, -0.1) is 0 Å². The molecule has 0 amide bonds. The number of aliphatic hydroxyl groups excluding tert-OH is 1. The van der Waals surface area contributed by atoms with Gasteiger partial charge >= 0.3 is 0 Å². The van der Waals surface area contributed by atoms with E-state index in [1.54, 1.807) is 0 Å². The van der Waals surface area contributed by atoms with Gasteiger partial charge in [-0.05, 0) is 44.0 Å². The van der Waals surface area contributed by atoms with E-state index in [-0.39, 0.29) is 6.61 Å². The normalized spacial score (nSPS) is 17.4. The standard InChI is InChI=1S/C14H20BrNO/c1-16(9-2-10-17)11-14(7-8-14)12-3-5-13(15)6-4-12/h3-6,17H,2,7-11H2,1H3. The maximum absolute atomic E-state index is 8.84. The maximum Gasteiger partial charge on any atom is 0.0443 e. The summed E-state index contributed by atoms with van der Waals surface area (Å²) in [6.45, 7) is 2.37. The lowest BCUT2D eigenvalue weighted by molar-refractivity contribution is 0.238. The summed E-state index contributed by atoms with van der Waals surface area (Å²) >= 11 is 3.48. The summed E-state index contributed by atoms with van der Waals surface area (Å²) in [6.07, 6.45) is 3.45. The third kappa shape index (κ3) is 3.30. The van der Waals surface area contributed by atoms with Gasteiger partial charge in [-0.25, -0.2) is 0 Å². The summed E-state index contributed by atoms with van der Waals surface area (Å²) in [4.78, 5) is 2.34. The lowest BCUT2D eigenvalue weighted by Gasteiger charge is -2.24. The van der Waals surface area contributed by atoms with Crippen LogP contribution < -0.4 is 0 Å². The molecule has 1 aliphatic rings. The van der Waals surface area contributed by atoms with Crippen LogP contribution in [0.1, 0.15) is 24.8 Å². The molecule has 3 heteroatoms. The second kappa shape index (κ2) is 5.51. The molecule has 1 N–H and O–H groups in total. The average molecular weight is 298 g/mol. The lowest BCUT2D eigenvalue weighted by atomic mass is 9.95. The maximum atomic E-state index is 8.84. The molecule has 1 aromatic carbocycles. The first-order chi connectivity index (χ1) is 8.16. The quantitative estimate of drug-likeness (QED) is 0.873. The number of nitrogens with zero attached hydrogens (tertiary/aromatic N) is 1. The first kappa shape index (κ1) is 13.1. The van der Waals surface area contributed by atoms with Crippen LogP contribution in [0.2, 0.25) is 0 Å². The van der Waals surface area contributed by atoms with Crippen molar-refractivity contribution in [2.24, 2.45) is 0 Å². The van der Waals surface area contributed by atoms with Gasteiger partial charge in [0.25, 0.3) is 0 Å². The topological polar surface area (TPSA) is 23.5 Å². The second-order valence-corrected chi connectivity index (χ2v) is 6.02. The van der Waals surface area contributed by atoms with E-state index in [0.29, 0.717) is 5.41 Å². The Hall–Kier alpha value is -0.380. The molecule has 17 heavy (non-hydrogen) atoms. The molecule has 1 saturated carbocycles. The fraction of sp³-hybridized carbons (Fsp3) is 0.571. The Kier molecular flexibility index (Phi) is 4.23. The fourth-order valence-electron chi connectivity index (χ4n) is 2.43. The molecule has 0 spiro atoms. The van der Waals surface area contributed by atoms with Crippen molar-refractivity contribution in [2.45, 2.75) is 24.7 Å². The van der Waals surface area contributed by atoms with Gasteiger partial charge in [0.2, 0.25) is 0 Å². The van der Waals surface area contributed by atoms with Gasteiger partial charge in [-0.2, -0.15) is 0 Å². The summed E-state index contributed by atoms with van der Waals surface area (Å²) in [7, 11) is 2.15. The van der Waals surface area contributed by atoms with Crippen LogP contribution in [0.15, 0.2) is 28.7 Å². The van der Waals surface area contributed by atoms with E-state index in [1.165, 1.54) is 18.4 Å². The molecule has 0 unspecified atom stereocenters. The number of likely N-dealkylation sites (N-methyl/N-ethyl adjacent to an activating group) is 1. The van der Waals surface area contributed by atoms with Crippen molar-refractivity contribution >= 4 is 15.9 Å². The van der Waals surface area contributed by atoms with Gasteiger partial charge in [0.1, 0.15) is 0 Å². The number of rotatable bonds is 6. The zero-order valence-electron chi connectivity index (χ0n) is 10.3. The Morgan fingerprint density at radius 3 is 2.47 bits per heavy atom. The number of aliphatic hydroxyl groups is 1. The highest BCUT2D eigenvalue weighted by atomic mass is 79.9. The van der Waals surface area contributed by atoms with Crippen molar-refractivity contribution < 1.29 is 5.11 Å². The van der Waals surface area contributed by atoms with E-state index in [9.17, 15) is 0 Å². The van der Waals surface area contributed by atoms with Crippen molar-refractivity contribution in [1.82, 2.24) is 4.90 Å². The van der Waals surface area contributed by atoms with Crippen molar-refractivity contribution in [3.8, 4) is 0 Å². The van der Waals surface area contributed by atoms with Crippen molar-refractivity contribution in [3.05, 3.63) is 34.3 Å². The zero-order valence-corrected chi connectivity index (χ0v) is 11.9. The monoisotopic (exact) mass is 297 g/mol. The molecule has 0 bridgehead atoms. The average Bonchev–Trinajstić information content (AvgIpc) is 3.08. The van der Waals surface area contributed by atoms with Crippen LogP contribution in [0.5, 0.6) is 0 Å². The summed E-state index contributed by atoms with van der Waals surface area (Å²) in [6, 6.07) is 8.72. The van der Waals surface area contributed by atoms with E-state index in [2.05, 4.69) is 52.1 Å². The van der Waals surface area contributed by atoms with Crippen molar-refractivity contribution in [1.29, 1.82) is 0 Å². The molecule has 0 radical (unpaired) electrons. The summed E-state index contributed by atoms with van der Waals surface area (Å²) in [5.74, 6) is 0. The summed E-state index contributed by atoms with van der Waals surface area (Å²) in [5, 5.41) is 8.84. The predicted octanol–water partition coefficient (Wildman–Crippen LogP) is 2.79. The van der Waals surface area contributed by atoms with E-state index in [4.69, 9.17) is 5.11 Å². The van der Waals surface area contributed by atoms with Crippen LogP contribution in [0.4, 0.5) is 0 Å². The number of hydrogen-bond acceptors (Lipinski definition) is 2. The Morgan fingerprint density at radius 2 is 1.94 bits per heavy atom. The first-order valence-electron chi connectivity index (χ1n) is 6.22. The van der Waals surface area contributed by atoms with Crippen LogP contribution in [-0.4, -0.2) is 36.8 Å². The van der Waals surface area contributed by atoms with Gasteiger partial charge in [-0.1, -0.05) is 28.1 Å². The number of benzene rings is 1. The van der Waals surface area contributed by atoms with Crippen LogP contribution >= 0.6 is 15.9 Å². The minimum atomic E-state index is 0.287. The number of hydrogen-bond donors (Lipinski definition) is 1. The van der Waals surface area contributed by atoms with Crippen molar-refractivity contribution in [3.63, 3.8) is 0 Å². The molecule has 1 aliphatic carbocycles. The first-order valence-corrected chi connectivity index (χ1v) is 7.01. The van der Waals surface area contributed by atoms with E-state index in [1.807, 2.05) is 0 Å². The van der Waals surface area contributed by atoms with E-state index >= 15 is 0 Å². The highest BCUT2D eigenvalue weighted by Crippen LogP contribution is 2.48. The molecule has 2 nitrogen and oxygen atoms in total. The minimum absolute atomic E-state index is 0.287. The summed E-state index contributed by atoms with van der Waals surface area (Å²) < 4.78 is 1.14. The molecular formula is C14H20BrNO.